The van der Waals surface area contributed by atoms with E-state index in [1.165, 1.54) is 19.1 Å². The number of nitrogens with one attached hydrogen (secondary N) is 2. The minimum atomic E-state index is -1.22. The highest BCUT2D eigenvalue weighted by atomic mass is 16.4. The van der Waals surface area contributed by atoms with Crippen LogP contribution < -0.4 is 10.6 Å². The summed E-state index contributed by atoms with van der Waals surface area (Å²) in [5.74, 6) is -2.07. The number of amides is 2. The predicted molar refractivity (Wildman–Crippen MR) is 71.3 cm³/mol. The Labute approximate surface area is 115 Å². The number of hydrogen-bond donors (Lipinski definition) is 4. The van der Waals surface area contributed by atoms with Crippen LogP contribution in [0.25, 0.3) is 0 Å². The van der Waals surface area contributed by atoms with Crippen molar-refractivity contribution >= 4 is 23.5 Å². The smallest absolute Gasteiger partial charge is 0.326 e. The summed E-state index contributed by atoms with van der Waals surface area (Å²) in [6.45, 7) is 0.998. The maximum atomic E-state index is 11.9. The van der Waals surface area contributed by atoms with Crippen molar-refractivity contribution < 1.29 is 24.6 Å². The van der Waals surface area contributed by atoms with Crippen LogP contribution in [0.15, 0.2) is 24.3 Å². The number of aliphatic hydroxyl groups is 1. The van der Waals surface area contributed by atoms with Crippen molar-refractivity contribution in [2.45, 2.75) is 19.4 Å². The number of carboxylic acid groups (broad SMARTS) is 1. The van der Waals surface area contributed by atoms with E-state index in [0.29, 0.717) is 5.69 Å². The summed E-state index contributed by atoms with van der Waals surface area (Å²) in [7, 11) is 0. The summed E-state index contributed by atoms with van der Waals surface area (Å²) < 4.78 is 0. The molecule has 0 saturated carbocycles. The van der Waals surface area contributed by atoms with Crippen LogP contribution in [0.4, 0.5) is 5.69 Å². The molecule has 0 aromatic heterocycles. The van der Waals surface area contributed by atoms with Crippen molar-refractivity contribution in [2.75, 3.05) is 11.9 Å². The fourth-order valence-corrected chi connectivity index (χ4v) is 1.57. The second-order valence-electron chi connectivity index (χ2n) is 4.14. The molecule has 0 heterocycles. The Hall–Kier alpha value is -2.41. The molecule has 4 N–H and O–H groups in total. The normalized spacial score (nSPS) is 11.5. The molecule has 108 valence electrons. The lowest BCUT2D eigenvalue weighted by Gasteiger charge is -2.13. The quantitative estimate of drug-likeness (QED) is 0.594. The van der Waals surface area contributed by atoms with Gasteiger partial charge >= 0.3 is 5.97 Å². The number of carbonyl (C=O) groups is 3. The lowest BCUT2D eigenvalue weighted by molar-refractivity contribution is -0.139. The van der Waals surface area contributed by atoms with Gasteiger partial charge in [-0.05, 0) is 18.2 Å². The van der Waals surface area contributed by atoms with Gasteiger partial charge in [0.1, 0.15) is 6.04 Å². The number of carbonyl (C=O) groups excluding carboxylic acids is 2. The second kappa shape index (κ2) is 7.25. The molecule has 7 heteroatoms. The Balaban J connectivity index is 2.80. The van der Waals surface area contributed by atoms with Gasteiger partial charge in [0.05, 0.1) is 0 Å². The molecule has 0 bridgehead atoms. The fourth-order valence-electron chi connectivity index (χ4n) is 1.57. The Morgan fingerprint density at radius 1 is 1.30 bits per heavy atom. The van der Waals surface area contributed by atoms with Gasteiger partial charge in [-0.2, -0.15) is 0 Å². The average molecular weight is 280 g/mol. The molecule has 0 aliphatic heterocycles. The van der Waals surface area contributed by atoms with Gasteiger partial charge in [0.25, 0.3) is 5.91 Å². The zero-order valence-electron chi connectivity index (χ0n) is 10.9. The number of benzene rings is 1. The molecule has 0 aliphatic rings. The largest absolute Gasteiger partial charge is 0.480 e. The summed E-state index contributed by atoms with van der Waals surface area (Å²) >= 11 is 0. The zero-order chi connectivity index (χ0) is 15.1. The van der Waals surface area contributed by atoms with Crippen LogP contribution in [0, 0.1) is 0 Å². The van der Waals surface area contributed by atoms with E-state index in [1.807, 2.05) is 0 Å². The Kier molecular flexibility index (Phi) is 5.67. The molecular weight excluding hydrogens is 264 g/mol. The van der Waals surface area contributed by atoms with Gasteiger partial charge in [0, 0.05) is 31.2 Å². The third-order valence-electron chi connectivity index (χ3n) is 2.47. The van der Waals surface area contributed by atoms with Crippen LogP contribution in [0.2, 0.25) is 0 Å². The number of hydrogen-bond acceptors (Lipinski definition) is 4. The maximum absolute atomic E-state index is 11.9. The molecule has 0 spiro atoms. The van der Waals surface area contributed by atoms with E-state index in [0.717, 1.165) is 0 Å². The van der Waals surface area contributed by atoms with Gasteiger partial charge in [0.2, 0.25) is 5.91 Å². The first-order valence-corrected chi connectivity index (χ1v) is 5.96. The zero-order valence-corrected chi connectivity index (χ0v) is 10.9. The van der Waals surface area contributed by atoms with Crippen molar-refractivity contribution in [1.29, 1.82) is 0 Å². The van der Waals surface area contributed by atoms with Crippen molar-refractivity contribution in [1.82, 2.24) is 5.32 Å². The van der Waals surface area contributed by atoms with Gasteiger partial charge in [-0.15, -0.1) is 0 Å². The minimum Gasteiger partial charge on any atom is -0.480 e. The van der Waals surface area contributed by atoms with Crippen molar-refractivity contribution in [3.8, 4) is 0 Å². The molecule has 0 radical (unpaired) electrons. The van der Waals surface area contributed by atoms with E-state index in [2.05, 4.69) is 10.6 Å². The third kappa shape index (κ3) is 4.69. The first-order valence-electron chi connectivity index (χ1n) is 5.96. The molecule has 1 unspecified atom stereocenters. The fraction of sp³-hybridized carbons (Fsp3) is 0.308. The minimum absolute atomic E-state index is 0.0769. The summed E-state index contributed by atoms with van der Waals surface area (Å²) in [4.78, 5) is 33.7. The van der Waals surface area contributed by atoms with Crippen molar-refractivity contribution in [2.24, 2.45) is 0 Å². The van der Waals surface area contributed by atoms with Crippen LogP contribution in [0.1, 0.15) is 23.7 Å². The van der Waals surface area contributed by atoms with Crippen molar-refractivity contribution in [3.05, 3.63) is 29.8 Å². The molecule has 1 rings (SSSR count). The van der Waals surface area contributed by atoms with E-state index in [9.17, 15) is 14.4 Å². The molecule has 0 saturated heterocycles. The SMILES string of the molecule is CC(=O)Nc1cccc(C(=O)NC(CCO)C(=O)O)c1. The van der Waals surface area contributed by atoms with Gasteiger partial charge in [-0.3, -0.25) is 9.59 Å². The summed E-state index contributed by atoms with van der Waals surface area (Å²) in [5.41, 5.74) is 0.666. The summed E-state index contributed by atoms with van der Waals surface area (Å²) in [6, 6.07) is 4.97. The van der Waals surface area contributed by atoms with Crippen molar-refractivity contribution in [3.63, 3.8) is 0 Å². The second-order valence-corrected chi connectivity index (χ2v) is 4.14. The number of anilines is 1. The van der Waals surface area contributed by atoms with Gasteiger partial charge in [0.15, 0.2) is 0 Å². The van der Waals surface area contributed by atoms with E-state index >= 15 is 0 Å². The molecule has 0 fully saturated rings. The predicted octanol–water partition coefficient (Wildman–Crippen LogP) is 0.210. The van der Waals surface area contributed by atoms with E-state index < -0.39 is 17.9 Å². The van der Waals surface area contributed by atoms with Crippen LogP contribution in [-0.2, 0) is 9.59 Å². The van der Waals surface area contributed by atoms with Crippen LogP contribution in [-0.4, -0.2) is 40.6 Å². The summed E-state index contributed by atoms with van der Waals surface area (Å²) in [5, 5.41) is 22.5. The molecule has 20 heavy (non-hydrogen) atoms. The van der Waals surface area contributed by atoms with E-state index in [-0.39, 0.29) is 24.5 Å². The van der Waals surface area contributed by atoms with E-state index in [4.69, 9.17) is 10.2 Å². The number of aliphatic hydroxyl groups excluding tert-OH is 1. The molecule has 1 atom stereocenters. The maximum Gasteiger partial charge on any atom is 0.326 e. The van der Waals surface area contributed by atoms with Crippen LogP contribution in [0.3, 0.4) is 0 Å². The Bertz CT molecular complexity index is 515. The monoisotopic (exact) mass is 280 g/mol. The standard InChI is InChI=1S/C13H16N2O5/c1-8(17)14-10-4-2-3-9(7-10)12(18)15-11(5-6-16)13(19)20/h2-4,7,11,16H,5-6H2,1H3,(H,14,17)(H,15,18)(H,19,20). The van der Waals surface area contributed by atoms with Gasteiger partial charge < -0.3 is 20.8 Å². The molecule has 1 aromatic carbocycles. The van der Waals surface area contributed by atoms with Crippen LogP contribution in [0.5, 0.6) is 0 Å². The Morgan fingerprint density at radius 2 is 2.00 bits per heavy atom. The van der Waals surface area contributed by atoms with Crippen LogP contribution >= 0.6 is 0 Å². The number of rotatable bonds is 6. The molecular formula is C13H16N2O5. The molecule has 7 nitrogen and oxygen atoms in total. The Morgan fingerprint density at radius 3 is 2.55 bits per heavy atom. The highest BCUT2D eigenvalue weighted by molar-refractivity contribution is 5.98. The highest BCUT2D eigenvalue weighted by Crippen LogP contribution is 2.11. The molecule has 1 aromatic rings. The summed E-state index contributed by atoms with van der Waals surface area (Å²) in [6.07, 6.45) is -0.0769. The lowest BCUT2D eigenvalue weighted by Crippen LogP contribution is -2.41. The lowest BCUT2D eigenvalue weighted by atomic mass is 10.1. The first-order chi connectivity index (χ1) is 9.43. The van der Waals surface area contributed by atoms with E-state index in [1.54, 1.807) is 12.1 Å². The average Bonchev–Trinajstić information content (AvgIpc) is 2.37. The topological polar surface area (TPSA) is 116 Å². The number of aliphatic carboxylic acids is 1. The molecule has 0 aliphatic carbocycles. The number of carboxylic acids is 1. The molecule has 2 amide bonds. The van der Waals surface area contributed by atoms with Gasteiger partial charge in [-0.25, -0.2) is 4.79 Å². The van der Waals surface area contributed by atoms with Gasteiger partial charge in [-0.1, -0.05) is 6.07 Å². The highest BCUT2D eigenvalue weighted by Gasteiger charge is 2.20. The first kappa shape index (κ1) is 15.6. The third-order valence-corrected chi connectivity index (χ3v) is 2.47.